The minimum absolute atomic E-state index is 0.0567. The number of carbonyl (C=O) groups excluding carboxylic acids is 1. The van der Waals surface area contributed by atoms with E-state index in [9.17, 15) is 18.7 Å². The van der Waals surface area contributed by atoms with E-state index in [1.807, 2.05) is 0 Å². The van der Waals surface area contributed by atoms with Crippen molar-refractivity contribution in [3.8, 4) is 11.5 Å². The van der Waals surface area contributed by atoms with Gasteiger partial charge in [0.05, 0.1) is 0 Å². The zero-order valence-electron chi connectivity index (χ0n) is 12.2. The maximum atomic E-state index is 12.1. The highest BCUT2D eigenvalue weighted by Crippen LogP contribution is 2.27. The number of nitrogens with one attached hydrogen (secondary N) is 1. The fourth-order valence-electron chi connectivity index (χ4n) is 1.43. The fraction of sp³-hybridized carbons (Fsp3) is 0.500. The normalized spacial score (nSPS) is 11.3. The number of benzene rings is 1. The van der Waals surface area contributed by atoms with Gasteiger partial charge in [-0.1, -0.05) is 6.07 Å². The molecule has 7 heteroatoms. The van der Waals surface area contributed by atoms with Crippen molar-refractivity contribution < 1.29 is 28.2 Å². The minimum Gasteiger partial charge on any atom is -0.504 e. The third kappa shape index (κ3) is 6.78. The zero-order valence-corrected chi connectivity index (χ0v) is 12.2. The number of halogens is 2. The molecular weight excluding hydrogens is 284 g/mol. The molecule has 0 heterocycles. The van der Waals surface area contributed by atoms with Gasteiger partial charge in [0.25, 0.3) is 6.43 Å². The number of phenolic OH excluding ortho intramolecular Hbond substituents is 1. The third-order valence-electron chi connectivity index (χ3n) is 2.22. The van der Waals surface area contributed by atoms with E-state index in [1.165, 1.54) is 12.1 Å². The number of amides is 1. The molecule has 0 aliphatic rings. The third-order valence-corrected chi connectivity index (χ3v) is 2.22. The van der Waals surface area contributed by atoms with Crippen molar-refractivity contribution in [3.63, 3.8) is 0 Å². The summed E-state index contributed by atoms with van der Waals surface area (Å²) in [5.41, 5.74) is -0.0205. The van der Waals surface area contributed by atoms with Gasteiger partial charge >= 0.3 is 6.09 Å². The maximum absolute atomic E-state index is 12.1. The molecule has 1 amide bonds. The molecule has 0 radical (unpaired) electrons. The summed E-state index contributed by atoms with van der Waals surface area (Å²) >= 11 is 0. The van der Waals surface area contributed by atoms with Gasteiger partial charge in [-0.25, -0.2) is 13.6 Å². The molecule has 1 aromatic rings. The molecule has 0 unspecified atom stereocenters. The van der Waals surface area contributed by atoms with Crippen LogP contribution in [0.5, 0.6) is 11.5 Å². The van der Waals surface area contributed by atoms with Gasteiger partial charge in [-0.3, -0.25) is 0 Å². The quantitative estimate of drug-likeness (QED) is 0.877. The van der Waals surface area contributed by atoms with E-state index in [4.69, 9.17) is 9.47 Å². The summed E-state index contributed by atoms with van der Waals surface area (Å²) in [7, 11) is 0. The number of carbonyl (C=O) groups is 1. The molecular formula is C14H19F2NO4. The second-order valence-electron chi connectivity index (χ2n) is 5.36. The van der Waals surface area contributed by atoms with E-state index in [0.29, 0.717) is 5.56 Å². The monoisotopic (exact) mass is 303 g/mol. The van der Waals surface area contributed by atoms with Crippen molar-refractivity contribution in [1.82, 2.24) is 5.32 Å². The number of alkyl halides is 2. The van der Waals surface area contributed by atoms with Crippen molar-refractivity contribution in [3.05, 3.63) is 23.8 Å². The first-order valence-corrected chi connectivity index (χ1v) is 6.37. The van der Waals surface area contributed by atoms with Crippen molar-refractivity contribution in [2.45, 2.75) is 39.3 Å². The van der Waals surface area contributed by atoms with Crippen LogP contribution in [0, 0.1) is 0 Å². The van der Waals surface area contributed by atoms with Crippen LogP contribution >= 0.6 is 0 Å². The largest absolute Gasteiger partial charge is 0.504 e. The maximum Gasteiger partial charge on any atom is 0.407 e. The molecule has 0 aliphatic heterocycles. The van der Waals surface area contributed by atoms with E-state index >= 15 is 0 Å². The van der Waals surface area contributed by atoms with Crippen molar-refractivity contribution in [1.29, 1.82) is 0 Å². The summed E-state index contributed by atoms with van der Waals surface area (Å²) in [6.45, 7) is 4.53. The van der Waals surface area contributed by atoms with Crippen LogP contribution in [0.4, 0.5) is 13.6 Å². The Morgan fingerprint density at radius 1 is 1.38 bits per heavy atom. The summed E-state index contributed by atoms with van der Waals surface area (Å²) in [6.07, 6.45) is -3.22. The topological polar surface area (TPSA) is 67.8 Å². The minimum atomic E-state index is -2.63. The molecule has 5 nitrogen and oxygen atoms in total. The van der Waals surface area contributed by atoms with Crippen LogP contribution in [-0.4, -0.2) is 29.8 Å². The summed E-state index contributed by atoms with van der Waals surface area (Å²) in [5.74, 6) is -0.296. The van der Waals surface area contributed by atoms with E-state index in [0.717, 1.165) is 0 Å². The summed E-state index contributed by atoms with van der Waals surface area (Å²) in [4.78, 5) is 11.5. The van der Waals surface area contributed by atoms with Crippen LogP contribution in [0.2, 0.25) is 0 Å². The Morgan fingerprint density at radius 3 is 2.62 bits per heavy atom. The molecule has 1 rings (SSSR count). The lowest BCUT2D eigenvalue weighted by Gasteiger charge is -2.19. The van der Waals surface area contributed by atoms with Crippen molar-refractivity contribution in [2.75, 3.05) is 6.61 Å². The Labute approximate surface area is 121 Å². The lowest BCUT2D eigenvalue weighted by Crippen LogP contribution is -2.32. The highest BCUT2D eigenvalue weighted by molar-refractivity contribution is 5.67. The Morgan fingerprint density at radius 2 is 2.05 bits per heavy atom. The average molecular weight is 303 g/mol. The van der Waals surface area contributed by atoms with Gasteiger partial charge in [0, 0.05) is 6.54 Å². The van der Waals surface area contributed by atoms with Gasteiger partial charge < -0.3 is 19.9 Å². The average Bonchev–Trinajstić information content (AvgIpc) is 2.34. The molecule has 0 fully saturated rings. The number of aromatic hydroxyl groups is 1. The van der Waals surface area contributed by atoms with Gasteiger partial charge in [0.15, 0.2) is 11.5 Å². The number of phenols is 1. The van der Waals surface area contributed by atoms with Gasteiger partial charge in [0.1, 0.15) is 12.2 Å². The molecule has 0 bridgehead atoms. The first-order valence-electron chi connectivity index (χ1n) is 6.37. The molecule has 0 spiro atoms. The van der Waals surface area contributed by atoms with Crippen LogP contribution < -0.4 is 10.1 Å². The summed E-state index contributed by atoms with van der Waals surface area (Å²) < 4.78 is 34.0. The number of hydrogen-bond donors (Lipinski definition) is 2. The number of hydrogen-bond acceptors (Lipinski definition) is 4. The first-order chi connectivity index (χ1) is 9.67. The molecule has 2 N–H and O–H groups in total. The van der Waals surface area contributed by atoms with Crippen LogP contribution in [0.15, 0.2) is 18.2 Å². The van der Waals surface area contributed by atoms with E-state index in [-0.39, 0.29) is 18.0 Å². The Balaban J connectivity index is 2.60. The fourth-order valence-corrected chi connectivity index (χ4v) is 1.43. The lowest BCUT2D eigenvalue weighted by molar-refractivity contribution is 0.0523. The smallest absolute Gasteiger partial charge is 0.407 e. The Bertz CT molecular complexity index is 486. The highest BCUT2D eigenvalue weighted by Gasteiger charge is 2.16. The highest BCUT2D eigenvalue weighted by atomic mass is 19.3. The summed E-state index contributed by atoms with van der Waals surface area (Å²) in [5, 5.41) is 12.0. The number of alkyl carbamates (subject to hydrolysis) is 1. The van der Waals surface area contributed by atoms with Crippen LogP contribution in [0.25, 0.3) is 0 Å². The molecule has 118 valence electrons. The predicted molar refractivity (Wildman–Crippen MR) is 72.7 cm³/mol. The molecule has 1 aromatic carbocycles. The molecule has 0 saturated heterocycles. The van der Waals surface area contributed by atoms with E-state index < -0.39 is 24.7 Å². The molecule has 21 heavy (non-hydrogen) atoms. The van der Waals surface area contributed by atoms with E-state index in [2.05, 4.69) is 5.32 Å². The second-order valence-corrected chi connectivity index (χ2v) is 5.36. The van der Waals surface area contributed by atoms with Gasteiger partial charge in [0.2, 0.25) is 0 Å². The molecule has 0 aromatic heterocycles. The standard InChI is InChI=1S/C14H19F2NO4/c1-14(2,3)21-13(19)17-7-9-4-5-10(18)11(6-9)20-8-12(15)16/h4-6,12,18H,7-8H2,1-3H3,(H,17,19). The SMILES string of the molecule is CC(C)(C)OC(=O)NCc1ccc(O)c(OCC(F)F)c1. The molecule has 0 aliphatic carbocycles. The van der Waals surface area contributed by atoms with Crippen LogP contribution in [0.3, 0.4) is 0 Å². The Kier molecular flexibility index (Phi) is 5.75. The lowest BCUT2D eigenvalue weighted by atomic mass is 10.2. The zero-order chi connectivity index (χ0) is 16.0. The van der Waals surface area contributed by atoms with Crippen molar-refractivity contribution in [2.24, 2.45) is 0 Å². The molecule has 0 saturated carbocycles. The van der Waals surface area contributed by atoms with Crippen LogP contribution in [0.1, 0.15) is 26.3 Å². The first kappa shape index (κ1) is 17.0. The van der Waals surface area contributed by atoms with Gasteiger partial charge in [-0.2, -0.15) is 0 Å². The van der Waals surface area contributed by atoms with Crippen LogP contribution in [-0.2, 0) is 11.3 Å². The Hall–Kier alpha value is -2.05. The predicted octanol–water partition coefficient (Wildman–Crippen LogP) is 3.06. The second kappa shape index (κ2) is 7.10. The van der Waals surface area contributed by atoms with E-state index in [1.54, 1.807) is 26.8 Å². The van der Waals surface area contributed by atoms with Crippen molar-refractivity contribution >= 4 is 6.09 Å². The molecule has 0 atom stereocenters. The van der Waals surface area contributed by atoms with Gasteiger partial charge in [-0.15, -0.1) is 0 Å². The number of rotatable bonds is 5. The van der Waals surface area contributed by atoms with Gasteiger partial charge in [-0.05, 0) is 38.5 Å². The summed E-state index contributed by atoms with van der Waals surface area (Å²) in [6, 6.07) is 4.24. The number of ether oxygens (including phenoxy) is 2.